The summed E-state index contributed by atoms with van der Waals surface area (Å²) < 4.78 is 32.9. The van der Waals surface area contributed by atoms with E-state index in [4.69, 9.17) is 23.7 Å². The molecule has 0 fully saturated rings. The molecule has 0 aromatic rings. The van der Waals surface area contributed by atoms with Crippen LogP contribution in [0, 0.1) is 33.5 Å². The summed E-state index contributed by atoms with van der Waals surface area (Å²) in [6, 6.07) is 0. The standard InChI is InChI=1S/C44H90O6/c1-31(2)49-34(5)27-37(9,10)41(17,18)47-29-32(3)39(13,14)44(23,24)46-26-25-36(7,8)43(21,22)50-35(6)28-38(11,12)42(19,20)48-30-33(4)40(15,16)45/h31-35,45H,25-30H2,1-24H3. The molecule has 50 heavy (non-hydrogen) atoms. The van der Waals surface area contributed by atoms with Crippen LogP contribution in [0.2, 0.25) is 0 Å². The van der Waals surface area contributed by atoms with Crippen molar-refractivity contribution in [3.8, 4) is 0 Å². The van der Waals surface area contributed by atoms with E-state index in [0.717, 1.165) is 19.3 Å². The van der Waals surface area contributed by atoms with Crippen LogP contribution in [0.15, 0.2) is 0 Å². The predicted octanol–water partition coefficient (Wildman–Crippen LogP) is 11.7. The van der Waals surface area contributed by atoms with Crippen LogP contribution >= 0.6 is 0 Å². The van der Waals surface area contributed by atoms with E-state index in [2.05, 4.69) is 145 Å². The first-order valence-electron chi connectivity index (χ1n) is 19.8. The number of hydrogen-bond acceptors (Lipinski definition) is 6. The summed E-state index contributed by atoms with van der Waals surface area (Å²) in [7, 11) is 0. The molecule has 0 aromatic heterocycles. The van der Waals surface area contributed by atoms with Crippen LogP contribution in [-0.2, 0) is 23.7 Å². The van der Waals surface area contributed by atoms with Gasteiger partial charge in [0.1, 0.15) is 0 Å². The third-order valence-electron chi connectivity index (χ3n) is 14.1. The van der Waals surface area contributed by atoms with Crippen LogP contribution in [0.4, 0.5) is 0 Å². The van der Waals surface area contributed by atoms with E-state index in [1.165, 1.54) is 0 Å². The first kappa shape index (κ1) is 49.8. The Hall–Kier alpha value is -0.240. The smallest absolute Gasteiger partial charge is 0.0681 e. The molecular weight excluding hydrogens is 624 g/mol. The average molecular weight is 715 g/mol. The first-order chi connectivity index (χ1) is 21.9. The average Bonchev–Trinajstić information content (AvgIpc) is 2.87. The van der Waals surface area contributed by atoms with Gasteiger partial charge < -0.3 is 28.8 Å². The van der Waals surface area contributed by atoms with Crippen molar-refractivity contribution in [1.82, 2.24) is 0 Å². The molecule has 0 heterocycles. The summed E-state index contributed by atoms with van der Waals surface area (Å²) in [5, 5.41) is 10.4. The lowest BCUT2D eigenvalue weighted by atomic mass is 9.68. The lowest BCUT2D eigenvalue weighted by Crippen LogP contribution is -2.50. The van der Waals surface area contributed by atoms with E-state index >= 15 is 0 Å². The van der Waals surface area contributed by atoms with Crippen molar-refractivity contribution in [3.63, 3.8) is 0 Å². The second-order valence-corrected chi connectivity index (χ2v) is 21.4. The van der Waals surface area contributed by atoms with Gasteiger partial charge in [-0.15, -0.1) is 0 Å². The van der Waals surface area contributed by atoms with Gasteiger partial charge in [0.05, 0.1) is 59.5 Å². The molecule has 0 aliphatic rings. The van der Waals surface area contributed by atoms with E-state index in [9.17, 15) is 5.11 Å². The highest BCUT2D eigenvalue weighted by Gasteiger charge is 2.47. The molecule has 0 saturated carbocycles. The minimum atomic E-state index is -0.774. The second-order valence-electron chi connectivity index (χ2n) is 21.4. The highest BCUT2D eigenvalue weighted by Crippen LogP contribution is 2.46. The van der Waals surface area contributed by atoms with Gasteiger partial charge in [0.2, 0.25) is 0 Å². The lowest BCUT2D eigenvalue weighted by molar-refractivity contribution is -0.182. The zero-order valence-corrected chi connectivity index (χ0v) is 38.1. The van der Waals surface area contributed by atoms with Gasteiger partial charge in [-0.1, -0.05) is 69.2 Å². The molecule has 4 atom stereocenters. The quantitative estimate of drug-likeness (QED) is 0.107. The molecular formula is C44H90O6. The van der Waals surface area contributed by atoms with Crippen molar-refractivity contribution in [2.75, 3.05) is 19.8 Å². The normalized spacial score (nSPS) is 17.6. The van der Waals surface area contributed by atoms with Crippen molar-refractivity contribution in [2.24, 2.45) is 33.5 Å². The number of rotatable bonds is 24. The van der Waals surface area contributed by atoms with Gasteiger partial charge >= 0.3 is 0 Å². The first-order valence-corrected chi connectivity index (χ1v) is 19.8. The Morgan fingerprint density at radius 1 is 0.460 bits per heavy atom. The van der Waals surface area contributed by atoms with Crippen molar-refractivity contribution in [2.45, 2.75) is 232 Å². The fourth-order valence-corrected chi connectivity index (χ4v) is 6.26. The van der Waals surface area contributed by atoms with E-state index in [-0.39, 0.29) is 74.2 Å². The zero-order valence-electron chi connectivity index (χ0n) is 38.1. The van der Waals surface area contributed by atoms with Gasteiger partial charge in [0.25, 0.3) is 0 Å². The van der Waals surface area contributed by atoms with Crippen LogP contribution in [0.3, 0.4) is 0 Å². The molecule has 0 radical (unpaired) electrons. The number of hydrogen-bond donors (Lipinski definition) is 1. The Balaban J connectivity index is 5.39. The second kappa shape index (κ2) is 17.5. The number of aliphatic hydroxyl groups is 1. The maximum Gasteiger partial charge on any atom is 0.0681 e. The molecule has 0 aromatic carbocycles. The van der Waals surface area contributed by atoms with E-state index in [0.29, 0.717) is 19.8 Å². The third-order valence-corrected chi connectivity index (χ3v) is 14.1. The molecule has 302 valence electrons. The molecule has 4 unspecified atom stereocenters. The molecule has 0 amide bonds. The van der Waals surface area contributed by atoms with Crippen molar-refractivity contribution in [3.05, 3.63) is 0 Å². The SMILES string of the molecule is CC(C)OC(C)CC(C)(C)C(C)(C)OCC(C)C(C)(C)C(C)(C)OCCC(C)(C)C(C)(C)OC(C)CC(C)(C)C(C)(C)OCC(C)C(C)(C)O. The Morgan fingerprint density at radius 3 is 1.26 bits per heavy atom. The number of ether oxygens (including phenoxy) is 5. The van der Waals surface area contributed by atoms with Crippen molar-refractivity contribution >= 4 is 0 Å². The molecule has 1 N–H and O–H groups in total. The fourth-order valence-electron chi connectivity index (χ4n) is 6.26. The van der Waals surface area contributed by atoms with Crippen molar-refractivity contribution in [1.29, 1.82) is 0 Å². The molecule has 6 heteroatoms. The summed E-state index contributed by atoms with van der Waals surface area (Å²) in [5.74, 6) is 0.314. The summed E-state index contributed by atoms with van der Waals surface area (Å²) in [6.07, 6.45) is 3.10. The van der Waals surface area contributed by atoms with Crippen LogP contribution < -0.4 is 0 Å². The topological polar surface area (TPSA) is 66.4 Å². The van der Waals surface area contributed by atoms with E-state index < -0.39 is 5.60 Å². The Kier molecular flexibility index (Phi) is 17.4. The highest BCUT2D eigenvalue weighted by atomic mass is 16.5. The van der Waals surface area contributed by atoms with E-state index in [1.807, 2.05) is 20.8 Å². The molecule has 0 bridgehead atoms. The van der Waals surface area contributed by atoms with E-state index in [1.54, 1.807) is 0 Å². The molecule has 0 spiro atoms. The Morgan fingerprint density at radius 2 is 0.860 bits per heavy atom. The molecule has 0 saturated heterocycles. The predicted molar refractivity (Wildman–Crippen MR) is 214 cm³/mol. The van der Waals surface area contributed by atoms with Gasteiger partial charge in [-0.3, -0.25) is 0 Å². The maximum absolute atomic E-state index is 10.4. The minimum Gasteiger partial charge on any atom is -0.390 e. The fraction of sp³-hybridized carbons (Fsp3) is 1.00. The van der Waals surface area contributed by atoms with Crippen LogP contribution in [0.1, 0.15) is 185 Å². The summed E-state index contributed by atoms with van der Waals surface area (Å²) in [5.41, 5.74) is -2.64. The third kappa shape index (κ3) is 13.9. The lowest BCUT2D eigenvalue weighted by Gasteiger charge is -2.49. The minimum absolute atomic E-state index is 0.0335. The van der Waals surface area contributed by atoms with Crippen molar-refractivity contribution < 1.29 is 28.8 Å². The largest absolute Gasteiger partial charge is 0.390 e. The summed E-state index contributed by atoms with van der Waals surface area (Å²) in [4.78, 5) is 0. The molecule has 0 rings (SSSR count). The highest BCUT2D eigenvalue weighted by molar-refractivity contribution is 4.96. The zero-order chi connectivity index (χ0) is 40.2. The molecule has 0 aliphatic carbocycles. The molecule has 0 aliphatic heterocycles. The maximum atomic E-state index is 10.4. The van der Waals surface area contributed by atoms with Crippen LogP contribution in [0.5, 0.6) is 0 Å². The van der Waals surface area contributed by atoms with Gasteiger partial charge in [0.15, 0.2) is 0 Å². The molecule has 6 nitrogen and oxygen atoms in total. The van der Waals surface area contributed by atoms with Gasteiger partial charge in [-0.2, -0.15) is 0 Å². The van der Waals surface area contributed by atoms with Gasteiger partial charge in [0, 0.05) is 12.5 Å². The Bertz CT molecular complexity index is 994. The summed E-state index contributed by atoms with van der Waals surface area (Å²) in [6.45, 7) is 54.4. The summed E-state index contributed by atoms with van der Waals surface area (Å²) >= 11 is 0. The van der Waals surface area contributed by atoms with Gasteiger partial charge in [-0.05, 0) is 144 Å². The Labute approximate surface area is 313 Å². The van der Waals surface area contributed by atoms with Gasteiger partial charge in [-0.25, -0.2) is 0 Å². The van der Waals surface area contributed by atoms with Crippen LogP contribution in [-0.4, -0.2) is 71.2 Å². The monoisotopic (exact) mass is 715 g/mol. The van der Waals surface area contributed by atoms with Crippen LogP contribution in [0.25, 0.3) is 0 Å².